The maximum absolute atomic E-state index is 12.3. The zero-order valence-electron chi connectivity index (χ0n) is 16.4. The van der Waals surface area contributed by atoms with Crippen molar-refractivity contribution in [3.63, 3.8) is 0 Å². The van der Waals surface area contributed by atoms with Gasteiger partial charge in [0.25, 0.3) is 0 Å². The molecule has 0 unspecified atom stereocenters. The molecule has 3 saturated heterocycles. The molecule has 0 spiro atoms. The number of aliphatic carboxylic acids is 1. The largest absolute Gasteiger partial charge is 0.481 e. The minimum Gasteiger partial charge on any atom is -0.481 e. The van der Waals surface area contributed by atoms with E-state index in [1.165, 1.54) is 0 Å². The molecule has 1 aromatic heterocycles. The molecule has 0 amide bonds. The molecule has 0 bridgehead atoms. The summed E-state index contributed by atoms with van der Waals surface area (Å²) in [6.07, 6.45) is 2.01. The molecule has 1 aromatic rings. The van der Waals surface area contributed by atoms with Crippen molar-refractivity contribution < 1.29 is 14.6 Å². The van der Waals surface area contributed by atoms with Crippen LogP contribution in [-0.4, -0.2) is 85.5 Å². The molecule has 27 heavy (non-hydrogen) atoms. The summed E-state index contributed by atoms with van der Waals surface area (Å²) in [6, 6.07) is 2.41. The van der Waals surface area contributed by atoms with Crippen LogP contribution in [0.25, 0.3) is 0 Å². The quantitative estimate of drug-likeness (QED) is 0.830. The lowest BCUT2D eigenvalue weighted by atomic mass is 9.81. The summed E-state index contributed by atoms with van der Waals surface area (Å²) in [4.78, 5) is 27.9. The Morgan fingerprint density at radius 3 is 2.63 bits per heavy atom. The topological polar surface area (TPSA) is 82.0 Å². The maximum atomic E-state index is 12.3. The molecule has 8 nitrogen and oxygen atoms in total. The summed E-state index contributed by atoms with van der Waals surface area (Å²) < 4.78 is 5.47. The number of anilines is 2. The number of ether oxygens (including phenoxy) is 1. The Labute approximate surface area is 160 Å². The summed E-state index contributed by atoms with van der Waals surface area (Å²) in [5.41, 5.74) is 0.184. The number of rotatable bonds is 4. The van der Waals surface area contributed by atoms with Gasteiger partial charge in [0.05, 0.1) is 0 Å². The molecular formula is C19H29N5O3. The van der Waals surface area contributed by atoms with Gasteiger partial charge in [0.2, 0.25) is 5.95 Å². The number of carbonyl (C=O) groups is 1. The number of likely N-dealkylation sites (tertiary alicyclic amines) is 1. The Morgan fingerprint density at radius 1 is 1.26 bits per heavy atom. The van der Waals surface area contributed by atoms with Gasteiger partial charge in [0.1, 0.15) is 11.2 Å². The van der Waals surface area contributed by atoms with E-state index in [2.05, 4.69) is 19.8 Å². The molecule has 1 N–H and O–H groups in total. The number of hydrogen-bond acceptors (Lipinski definition) is 7. The fourth-order valence-electron chi connectivity index (χ4n) is 4.81. The smallest absolute Gasteiger partial charge is 0.313 e. The van der Waals surface area contributed by atoms with Gasteiger partial charge in [0.15, 0.2) is 0 Å². The summed E-state index contributed by atoms with van der Waals surface area (Å²) >= 11 is 0. The second kappa shape index (κ2) is 6.91. The van der Waals surface area contributed by atoms with Gasteiger partial charge in [-0.15, -0.1) is 0 Å². The van der Waals surface area contributed by atoms with Crippen molar-refractivity contribution in [2.75, 3.05) is 63.3 Å². The van der Waals surface area contributed by atoms with E-state index in [4.69, 9.17) is 4.74 Å². The number of aryl methyl sites for hydroxylation is 1. The Hall–Kier alpha value is -1.93. The minimum absolute atomic E-state index is 0.121. The lowest BCUT2D eigenvalue weighted by Crippen LogP contribution is -2.44. The first kappa shape index (κ1) is 18.4. The van der Waals surface area contributed by atoms with E-state index in [1.54, 1.807) is 0 Å². The molecule has 0 aliphatic carbocycles. The second-order valence-corrected chi connectivity index (χ2v) is 8.37. The highest BCUT2D eigenvalue weighted by Crippen LogP contribution is 2.45. The van der Waals surface area contributed by atoms with E-state index in [-0.39, 0.29) is 5.92 Å². The first-order valence-corrected chi connectivity index (χ1v) is 9.72. The molecule has 4 heterocycles. The van der Waals surface area contributed by atoms with Crippen LogP contribution in [0.5, 0.6) is 0 Å². The van der Waals surface area contributed by atoms with Crippen molar-refractivity contribution in [1.29, 1.82) is 0 Å². The van der Waals surface area contributed by atoms with Gasteiger partial charge in [0, 0.05) is 77.2 Å². The molecule has 148 valence electrons. The minimum atomic E-state index is -0.713. The summed E-state index contributed by atoms with van der Waals surface area (Å²) in [6.45, 7) is 6.23. The maximum Gasteiger partial charge on any atom is 0.313 e. The van der Waals surface area contributed by atoms with Gasteiger partial charge in [-0.1, -0.05) is 0 Å². The van der Waals surface area contributed by atoms with Crippen LogP contribution in [0.3, 0.4) is 0 Å². The van der Waals surface area contributed by atoms with Crippen LogP contribution < -0.4 is 9.80 Å². The Balaban J connectivity index is 1.56. The Kier molecular flexibility index (Phi) is 4.71. The molecule has 0 aromatic carbocycles. The summed E-state index contributed by atoms with van der Waals surface area (Å²) in [5, 5.41) is 10.1. The van der Waals surface area contributed by atoms with Gasteiger partial charge in [-0.2, -0.15) is 4.98 Å². The standard InChI is InChI=1S/C19H29N5O3/c1-13-8-16(21-18(20-13)22(2)3)24-10-14-9-23(15-4-6-27-7-5-15)11-19(14,12-24)17(25)26/h8,14-15H,4-7,9-12H2,1-3H3,(H,25,26)/t14-,19-/m0/s1. The Bertz CT molecular complexity index is 721. The fraction of sp³-hybridized carbons (Fsp3) is 0.737. The number of carboxylic acid groups (broad SMARTS) is 1. The Morgan fingerprint density at radius 2 is 2.00 bits per heavy atom. The third-order valence-corrected chi connectivity index (χ3v) is 6.32. The first-order chi connectivity index (χ1) is 12.9. The number of fused-ring (bicyclic) bond motifs is 1. The van der Waals surface area contributed by atoms with Crippen molar-refractivity contribution in [2.24, 2.45) is 11.3 Å². The van der Waals surface area contributed by atoms with Crippen LogP contribution in [0.15, 0.2) is 6.07 Å². The number of nitrogens with zero attached hydrogens (tertiary/aromatic N) is 5. The van der Waals surface area contributed by atoms with Crippen molar-refractivity contribution in [3.8, 4) is 0 Å². The number of carboxylic acids is 1. The third kappa shape index (κ3) is 3.25. The fourth-order valence-corrected chi connectivity index (χ4v) is 4.81. The van der Waals surface area contributed by atoms with Gasteiger partial charge >= 0.3 is 5.97 Å². The van der Waals surface area contributed by atoms with Crippen LogP contribution >= 0.6 is 0 Å². The van der Waals surface area contributed by atoms with Crippen molar-refractivity contribution in [2.45, 2.75) is 25.8 Å². The van der Waals surface area contributed by atoms with Crippen molar-refractivity contribution >= 4 is 17.7 Å². The highest BCUT2D eigenvalue weighted by molar-refractivity contribution is 5.78. The van der Waals surface area contributed by atoms with E-state index in [0.29, 0.717) is 25.1 Å². The van der Waals surface area contributed by atoms with E-state index in [9.17, 15) is 9.90 Å². The predicted molar refractivity (Wildman–Crippen MR) is 102 cm³/mol. The van der Waals surface area contributed by atoms with E-state index >= 15 is 0 Å². The molecule has 0 radical (unpaired) electrons. The molecule has 2 atom stereocenters. The average Bonchev–Trinajstić information content (AvgIpc) is 3.17. The van der Waals surface area contributed by atoms with Crippen LogP contribution in [0.4, 0.5) is 11.8 Å². The molecule has 3 aliphatic heterocycles. The zero-order chi connectivity index (χ0) is 19.2. The van der Waals surface area contributed by atoms with Crippen LogP contribution in [0, 0.1) is 18.3 Å². The summed E-state index contributed by atoms with van der Waals surface area (Å²) in [7, 11) is 3.84. The average molecular weight is 375 g/mol. The molecule has 8 heteroatoms. The van der Waals surface area contributed by atoms with E-state index in [1.807, 2.05) is 32.0 Å². The van der Waals surface area contributed by atoms with Crippen molar-refractivity contribution in [1.82, 2.24) is 14.9 Å². The second-order valence-electron chi connectivity index (χ2n) is 8.37. The number of hydrogen-bond donors (Lipinski definition) is 1. The predicted octanol–water partition coefficient (Wildman–Crippen LogP) is 0.853. The lowest BCUT2D eigenvalue weighted by Gasteiger charge is -2.33. The molecular weight excluding hydrogens is 346 g/mol. The lowest BCUT2D eigenvalue weighted by molar-refractivity contribution is -0.148. The van der Waals surface area contributed by atoms with E-state index in [0.717, 1.165) is 50.7 Å². The normalized spacial score (nSPS) is 29.1. The first-order valence-electron chi connectivity index (χ1n) is 9.72. The van der Waals surface area contributed by atoms with Gasteiger partial charge in [-0.25, -0.2) is 4.98 Å². The van der Waals surface area contributed by atoms with Gasteiger partial charge < -0.3 is 19.6 Å². The van der Waals surface area contributed by atoms with Crippen LogP contribution in [0.2, 0.25) is 0 Å². The molecule has 4 rings (SSSR count). The molecule has 3 fully saturated rings. The highest BCUT2D eigenvalue weighted by atomic mass is 16.5. The number of aromatic nitrogens is 2. The SMILES string of the molecule is Cc1cc(N2C[C@@H]3CN(C4CCOCC4)C[C@]3(C(=O)O)C2)nc(N(C)C)n1. The van der Waals surface area contributed by atoms with Crippen LogP contribution in [0.1, 0.15) is 18.5 Å². The molecule has 3 aliphatic rings. The van der Waals surface area contributed by atoms with Crippen molar-refractivity contribution in [3.05, 3.63) is 11.8 Å². The molecule has 0 saturated carbocycles. The van der Waals surface area contributed by atoms with Gasteiger partial charge in [-0.3, -0.25) is 9.69 Å². The summed E-state index contributed by atoms with van der Waals surface area (Å²) in [5.74, 6) is 0.938. The van der Waals surface area contributed by atoms with E-state index < -0.39 is 11.4 Å². The third-order valence-electron chi connectivity index (χ3n) is 6.32. The monoisotopic (exact) mass is 375 g/mol. The van der Waals surface area contributed by atoms with Crippen LogP contribution in [-0.2, 0) is 9.53 Å². The zero-order valence-corrected chi connectivity index (χ0v) is 16.4. The highest BCUT2D eigenvalue weighted by Gasteiger charge is 2.58. The van der Waals surface area contributed by atoms with Gasteiger partial charge in [-0.05, 0) is 19.8 Å².